The second-order valence-corrected chi connectivity index (χ2v) is 7.29. The summed E-state index contributed by atoms with van der Waals surface area (Å²) >= 11 is 0. The van der Waals surface area contributed by atoms with Gasteiger partial charge in [-0.15, -0.1) is 0 Å². The summed E-state index contributed by atoms with van der Waals surface area (Å²) in [4.78, 5) is 24.1. The lowest BCUT2D eigenvalue weighted by atomic mass is 9.95. The Morgan fingerprint density at radius 1 is 1.14 bits per heavy atom. The van der Waals surface area contributed by atoms with Gasteiger partial charge in [-0.2, -0.15) is 13.2 Å². The molecule has 4 rings (SSSR count). The number of ether oxygens (including phenoxy) is 1. The van der Waals surface area contributed by atoms with Crippen LogP contribution in [-0.4, -0.2) is 53.6 Å². The highest BCUT2D eigenvalue weighted by Crippen LogP contribution is 2.31. The van der Waals surface area contributed by atoms with E-state index >= 15 is 0 Å². The highest BCUT2D eigenvalue weighted by molar-refractivity contribution is 5.80. The van der Waals surface area contributed by atoms with Gasteiger partial charge in [0.05, 0.1) is 5.92 Å². The Balaban J connectivity index is 1.40. The molecule has 6 nitrogen and oxygen atoms in total. The summed E-state index contributed by atoms with van der Waals surface area (Å²) < 4.78 is 44.8. The second-order valence-electron chi connectivity index (χ2n) is 7.29. The van der Waals surface area contributed by atoms with Crippen molar-refractivity contribution in [1.82, 2.24) is 14.9 Å². The van der Waals surface area contributed by atoms with Gasteiger partial charge in [-0.25, -0.2) is 9.97 Å². The number of hydrogen-bond donors (Lipinski definition) is 0. The first-order valence-electron chi connectivity index (χ1n) is 9.48. The molecule has 0 N–H and O–H groups in total. The number of carbonyl (C=O) groups is 1. The molecule has 9 heteroatoms. The van der Waals surface area contributed by atoms with Crippen LogP contribution in [0.15, 0.2) is 30.3 Å². The number of hydrogen-bond acceptors (Lipinski definition) is 5. The number of halogens is 3. The third-order valence-electron chi connectivity index (χ3n) is 5.26. The number of piperazine rings is 1. The zero-order chi connectivity index (χ0) is 20.6. The van der Waals surface area contributed by atoms with Crippen molar-refractivity contribution in [3.8, 4) is 5.75 Å². The molecule has 0 unspecified atom stereocenters. The molecule has 3 heterocycles. The molecule has 2 aromatic rings. The molecule has 0 aliphatic carbocycles. The Bertz CT molecular complexity index is 911. The monoisotopic (exact) mass is 406 g/mol. The predicted octanol–water partition coefficient (Wildman–Crippen LogP) is 2.70. The average molecular weight is 406 g/mol. The van der Waals surface area contributed by atoms with Gasteiger partial charge in [-0.1, -0.05) is 18.2 Å². The van der Waals surface area contributed by atoms with Crippen molar-refractivity contribution >= 4 is 11.7 Å². The molecule has 1 amide bonds. The molecule has 0 radical (unpaired) electrons. The lowest BCUT2D eigenvalue weighted by Gasteiger charge is -2.37. The van der Waals surface area contributed by atoms with Crippen LogP contribution in [0.2, 0.25) is 0 Å². The van der Waals surface area contributed by atoms with Crippen molar-refractivity contribution in [1.29, 1.82) is 0 Å². The van der Waals surface area contributed by atoms with E-state index in [0.717, 1.165) is 17.4 Å². The Morgan fingerprint density at radius 2 is 1.86 bits per heavy atom. The Kier molecular flexibility index (Phi) is 5.06. The lowest BCUT2D eigenvalue weighted by Crippen LogP contribution is -2.52. The maximum absolute atomic E-state index is 13.0. The molecule has 1 fully saturated rings. The predicted molar refractivity (Wildman–Crippen MR) is 99.7 cm³/mol. The fraction of sp³-hybridized carbons (Fsp3) is 0.450. The number of rotatable bonds is 2. The van der Waals surface area contributed by atoms with Crippen LogP contribution in [-0.2, 0) is 17.4 Å². The van der Waals surface area contributed by atoms with Gasteiger partial charge < -0.3 is 14.5 Å². The number of alkyl halides is 3. The van der Waals surface area contributed by atoms with Crippen molar-refractivity contribution in [3.05, 3.63) is 47.4 Å². The lowest BCUT2D eigenvalue weighted by molar-refractivity contribution is -0.141. The normalized spacial score (nSPS) is 19.5. The summed E-state index contributed by atoms with van der Waals surface area (Å²) in [6.45, 7) is 3.49. The molecule has 1 atom stereocenters. The quantitative estimate of drug-likeness (QED) is 0.768. The van der Waals surface area contributed by atoms with Crippen molar-refractivity contribution in [2.75, 3.05) is 37.7 Å². The number of para-hydroxylation sites is 1. The Labute approximate surface area is 166 Å². The van der Waals surface area contributed by atoms with E-state index in [0.29, 0.717) is 39.2 Å². The number of benzene rings is 1. The van der Waals surface area contributed by atoms with Gasteiger partial charge in [-0.3, -0.25) is 4.79 Å². The van der Waals surface area contributed by atoms with E-state index in [2.05, 4.69) is 9.97 Å². The molecule has 0 spiro atoms. The van der Waals surface area contributed by atoms with Gasteiger partial charge in [0.25, 0.3) is 0 Å². The van der Waals surface area contributed by atoms with Crippen LogP contribution in [0, 0.1) is 12.8 Å². The van der Waals surface area contributed by atoms with Crippen molar-refractivity contribution in [2.24, 2.45) is 5.92 Å². The summed E-state index contributed by atoms with van der Waals surface area (Å²) in [6.07, 6.45) is -3.88. The van der Waals surface area contributed by atoms with Gasteiger partial charge in [-0.05, 0) is 25.0 Å². The second kappa shape index (κ2) is 7.53. The van der Waals surface area contributed by atoms with Gasteiger partial charge in [0.15, 0.2) is 0 Å². The molecule has 29 heavy (non-hydrogen) atoms. The van der Waals surface area contributed by atoms with Crippen molar-refractivity contribution in [3.63, 3.8) is 0 Å². The number of aryl methyl sites for hydroxylation is 1. The Hall–Kier alpha value is -2.84. The largest absolute Gasteiger partial charge is 0.492 e. The number of fused-ring (bicyclic) bond motifs is 1. The fourth-order valence-electron chi connectivity index (χ4n) is 3.76. The molecular formula is C20H21F3N4O2. The van der Waals surface area contributed by atoms with Crippen LogP contribution < -0.4 is 9.64 Å². The first kappa shape index (κ1) is 19.5. The average Bonchev–Trinajstić information content (AvgIpc) is 2.72. The van der Waals surface area contributed by atoms with Crippen LogP contribution in [0.3, 0.4) is 0 Å². The topological polar surface area (TPSA) is 58.6 Å². The molecule has 2 aliphatic heterocycles. The molecule has 0 bridgehead atoms. The minimum absolute atomic E-state index is 0.0222. The van der Waals surface area contributed by atoms with Gasteiger partial charge in [0.2, 0.25) is 5.91 Å². The highest BCUT2D eigenvalue weighted by Gasteiger charge is 2.35. The zero-order valence-corrected chi connectivity index (χ0v) is 15.9. The van der Waals surface area contributed by atoms with E-state index in [-0.39, 0.29) is 23.5 Å². The molecule has 2 aliphatic rings. The molecule has 1 aromatic heterocycles. The van der Waals surface area contributed by atoms with Crippen LogP contribution >= 0.6 is 0 Å². The minimum atomic E-state index is -4.52. The van der Waals surface area contributed by atoms with Crippen LogP contribution in [0.5, 0.6) is 5.75 Å². The summed E-state index contributed by atoms with van der Waals surface area (Å²) in [5.41, 5.74) is 0.0726. The number of aromatic nitrogens is 2. The van der Waals surface area contributed by atoms with Crippen molar-refractivity contribution in [2.45, 2.75) is 19.5 Å². The smallest absolute Gasteiger partial charge is 0.433 e. The number of nitrogens with zero attached hydrogens (tertiary/aromatic N) is 4. The first-order valence-corrected chi connectivity index (χ1v) is 9.48. The Morgan fingerprint density at radius 3 is 2.59 bits per heavy atom. The molecule has 1 saturated heterocycles. The minimum Gasteiger partial charge on any atom is -0.492 e. The number of amides is 1. The van der Waals surface area contributed by atoms with Crippen LogP contribution in [0.1, 0.15) is 17.1 Å². The molecular weight excluding hydrogens is 385 g/mol. The third kappa shape index (κ3) is 4.13. The maximum Gasteiger partial charge on any atom is 0.433 e. The van der Waals surface area contributed by atoms with Gasteiger partial charge in [0, 0.05) is 32.2 Å². The van der Waals surface area contributed by atoms with E-state index < -0.39 is 11.9 Å². The maximum atomic E-state index is 13.0. The van der Waals surface area contributed by atoms with E-state index in [1.807, 2.05) is 24.3 Å². The molecule has 0 saturated carbocycles. The molecule has 154 valence electrons. The van der Waals surface area contributed by atoms with E-state index in [9.17, 15) is 18.0 Å². The van der Waals surface area contributed by atoms with Crippen LogP contribution in [0.25, 0.3) is 0 Å². The van der Waals surface area contributed by atoms with E-state index in [1.165, 1.54) is 6.92 Å². The SMILES string of the molecule is Cc1nc(N2CCN(C(=O)[C@@H]3COc4ccccc4C3)CC2)cc(C(F)(F)F)n1. The molecule has 1 aromatic carbocycles. The summed E-state index contributed by atoms with van der Waals surface area (Å²) in [7, 11) is 0. The fourth-order valence-corrected chi connectivity index (χ4v) is 3.76. The third-order valence-corrected chi connectivity index (χ3v) is 5.26. The van der Waals surface area contributed by atoms with Crippen LogP contribution in [0.4, 0.5) is 19.0 Å². The summed E-state index contributed by atoms with van der Waals surface area (Å²) in [6, 6.07) is 8.65. The van der Waals surface area contributed by atoms with Crippen molar-refractivity contribution < 1.29 is 22.7 Å². The van der Waals surface area contributed by atoms with Gasteiger partial charge >= 0.3 is 6.18 Å². The zero-order valence-electron chi connectivity index (χ0n) is 15.9. The number of anilines is 1. The highest BCUT2D eigenvalue weighted by atomic mass is 19.4. The first-order chi connectivity index (χ1) is 13.8. The standard InChI is InChI=1S/C20H21F3N4O2/c1-13-24-17(20(21,22)23)11-18(25-13)26-6-8-27(9-7-26)19(28)15-10-14-4-2-3-5-16(14)29-12-15/h2-5,11,15H,6-10,12H2,1H3/t15-/m0/s1. The number of carbonyl (C=O) groups excluding carboxylic acids is 1. The van der Waals surface area contributed by atoms with E-state index in [1.54, 1.807) is 9.80 Å². The summed E-state index contributed by atoms with van der Waals surface area (Å²) in [5, 5.41) is 0. The summed E-state index contributed by atoms with van der Waals surface area (Å²) in [5.74, 6) is 0.919. The van der Waals surface area contributed by atoms with Gasteiger partial charge in [0.1, 0.15) is 29.7 Å². The van der Waals surface area contributed by atoms with E-state index in [4.69, 9.17) is 4.74 Å².